The Kier molecular flexibility index (Phi) is 4.73. The van der Waals surface area contributed by atoms with Gasteiger partial charge in [-0.2, -0.15) is 0 Å². The van der Waals surface area contributed by atoms with Crippen molar-refractivity contribution in [1.29, 1.82) is 0 Å². The zero-order chi connectivity index (χ0) is 8.48. The predicted molar refractivity (Wildman–Crippen MR) is 43.4 cm³/mol. The molecule has 1 rings (SSSR count). The van der Waals surface area contributed by atoms with Crippen LogP contribution in [0.1, 0.15) is 39.5 Å². The molecule has 2 nitrogen and oxygen atoms in total. The Labute approximate surface area is 93.9 Å². The van der Waals surface area contributed by atoms with E-state index in [-0.39, 0.29) is 27.3 Å². The summed E-state index contributed by atoms with van der Waals surface area (Å²) in [6.45, 7) is 4.01. The largest absolute Gasteiger partial charge is 0.481 e. The van der Waals surface area contributed by atoms with Gasteiger partial charge in [-0.3, -0.25) is 4.79 Å². The molecule has 1 fully saturated rings. The normalized spacial score (nSPS) is 35.3. The van der Waals surface area contributed by atoms with Crippen molar-refractivity contribution >= 4 is 5.97 Å². The van der Waals surface area contributed by atoms with Crippen LogP contribution in [0.2, 0.25) is 0 Å². The van der Waals surface area contributed by atoms with Crippen molar-refractivity contribution in [2.75, 3.05) is 0 Å². The molecule has 0 radical (unpaired) electrons. The molecule has 1 N–H and O–H groups in total. The van der Waals surface area contributed by atoms with Gasteiger partial charge in [-0.1, -0.05) is 19.8 Å². The minimum Gasteiger partial charge on any atom is -0.481 e. The van der Waals surface area contributed by atoms with Crippen molar-refractivity contribution in [1.82, 2.24) is 0 Å². The third-order valence-corrected chi connectivity index (χ3v) is 2.74. The topological polar surface area (TPSA) is 37.3 Å². The third kappa shape index (κ3) is 2.71. The standard InChI is InChI=1S/C9H16O2.Cd/c1-7-4-3-5-9(2,6-7)8(10)11;/h7H,3-6H2,1-2H3,(H,10,11);. The van der Waals surface area contributed by atoms with Crippen molar-refractivity contribution in [3.63, 3.8) is 0 Å². The smallest absolute Gasteiger partial charge is 0.309 e. The molecule has 0 amide bonds. The van der Waals surface area contributed by atoms with Crippen molar-refractivity contribution in [2.45, 2.75) is 39.5 Å². The van der Waals surface area contributed by atoms with Crippen LogP contribution >= 0.6 is 0 Å². The third-order valence-electron chi connectivity index (χ3n) is 2.74. The van der Waals surface area contributed by atoms with E-state index in [0.29, 0.717) is 5.92 Å². The molecule has 0 aromatic carbocycles. The van der Waals surface area contributed by atoms with E-state index >= 15 is 0 Å². The molecule has 0 bridgehead atoms. The molecule has 1 aliphatic rings. The molecule has 0 saturated heterocycles. The fraction of sp³-hybridized carbons (Fsp3) is 0.889. The first kappa shape index (κ1) is 12.4. The summed E-state index contributed by atoms with van der Waals surface area (Å²) >= 11 is 0. The molecule has 0 aromatic rings. The van der Waals surface area contributed by atoms with Gasteiger partial charge in [-0.05, 0) is 25.7 Å². The van der Waals surface area contributed by atoms with E-state index in [0.717, 1.165) is 19.3 Å². The Balaban J connectivity index is 0.00000121. The molecule has 0 aliphatic heterocycles. The number of hydrogen-bond acceptors (Lipinski definition) is 1. The van der Waals surface area contributed by atoms with E-state index in [1.165, 1.54) is 6.42 Å². The molecule has 2 unspecified atom stereocenters. The van der Waals surface area contributed by atoms with Crippen LogP contribution in [-0.2, 0) is 32.1 Å². The maximum absolute atomic E-state index is 10.8. The monoisotopic (exact) mass is 270 g/mol. The maximum atomic E-state index is 10.8. The van der Waals surface area contributed by atoms with Crippen LogP contribution < -0.4 is 0 Å². The number of carboxylic acids is 1. The number of carboxylic acid groups (broad SMARTS) is 1. The van der Waals surface area contributed by atoms with E-state index in [9.17, 15) is 4.79 Å². The Bertz CT molecular complexity index is 170. The Morgan fingerprint density at radius 2 is 2.17 bits per heavy atom. The van der Waals surface area contributed by atoms with Gasteiger partial charge in [-0.15, -0.1) is 0 Å². The van der Waals surface area contributed by atoms with E-state index in [1.54, 1.807) is 0 Å². The molecule has 2 atom stereocenters. The first-order valence-electron chi connectivity index (χ1n) is 4.28. The summed E-state index contributed by atoms with van der Waals surface area (Å²) in [5, 5.41) is 8.92. The van der Waals surface area contributed by atoms with Crippen molar-refractivity contribution in [3.05, 3.63) is 0 Å². The van der Waals surface area contributed by atoms with Gasteiger partial charge in [0.1, 0.15) is 0 Å². The minimum atomic E-state index is -0.621. The van der Waals surface area contributed by atoms with Crippen molar-refractivity contribution in [3.8, 4) is 0 Å². The maximum Gasteiger partial charge on any atom is 0.309 e. The summed E-state index contributed by atoms with van der Waals surface area (Å²) in [7, 11) is 0. The van der Waals surface area contributed by atoms with Gasteiger partial charge in [-0.25, -0.2) is 0 Å². The number of rotatable bonds is 1. The molecule has 0 spiro atoms. The van der Waals surface area contributed by atoms with Gasteiger partial charge in [0.2, 0.25) is 0 Å². The van der Waals surface area contributed by atoms with Gasteiger partial charge in [0.15, 0.2) is 0 Å². The summed E-state index contributed by atoms with van der Waals surface area (Å²) in [6.07, 6.45) is 3.97. The first-order valence-corrected chi connectivity index (χ1v) is 4.28. The number of carbonyl (C=O) groups is 1. The van der Waals surface area contributed by atoms with Crippen LogP contribution in [0, 0.1) is 11.3 Å². The second kappa shape index (κ2) is 4.58. The second-order valence-electron chi connectivity index (χ2n) is 4.07. The molecule has 1 saturated carbocycles. The van der Waals surface area contributed by atoms with Crippen LogP contribution in [0.4, 0.5) is 0 Å². The van der Waals surface area contributed by atoms with E-state index in [4.69, 9.17) is 5.11 Å². The van der Waals surface area contributed by atoms with Gasteiger partial charge in [0.05, 0.1) is 5.41 Å². The van der Waals surface area contributed by atoms with Crippen molar-refractivity contribution < 1.29 is 37.2 Å². The summed E-state index contributed by atoms with van der Waals surface area (Å²) < 4.78 is 0. The first-order chi connectivity index (χ1) is 5.04. The minimum absolute atomic E-state index is 0. The Hall–Kier alpha value is 0.392. The molecule has 1 aliphatic carbocycles. The fourth-order valence-corrected chi connectivity index (χ4v) is 2.01. The SMILES string of the molecule is CC1CCCC(C)(C(=O)O)C1.[Cd]. The summed E-state index contributed by atoms with van der Waals surface area (Å²) in [5.41, 5.74) is -0.433. The van der Waals surface area contributed by atoms with Crippen LogP contribution in [0.3, 0.4) is 0 Å². The second-order valence-corrected chi connectivity index (χ2v) is 4.07. The molecule has 0 heterocycles. The van der Waals surface area contributed by atoms with Gasteiger partial charge < -0.3 is 5.11 Å². The van der Waals surface area contributed by atoms with Crippen LogP contribution in [-0.4, -0.2) is 11.1 Å². The Morgan fingerprint density at radius 1 is 1.58 bits per heavy atom. The average Bonchev–Trinajstić information content (AvgIpc) is 1.86. The molecular formula is C9H16CdO2. The van der Waals surface area contributed by atoms with E-state index in [1.807, 2.05) is 6.92 Å². The van der Waals surface area contributed by atoms with Crippen LogP contribution in [0.25, 0.3) is 0 Å². The van der Waals surface area contributed by atoms with Crippen molar-refractivity contribution in [2.24, 2.45) is 11.3 Å². The summed E-state index contributed by atoms with van der Waals surface area (Å²) in [4.78, 5) is 10.8. The number of hydrogen-bond donors (Lipinski definition) is 1. The van der Waals surface area contributed by atoms with Gasteiger partial charge >= 0.3 is 5.97 Å². The Morgan fingerprint density at radius 3 is 2.50 bits per heavy atom. The summed E-state index contributed by atoms with van der Waals surface area (Å²) in [6, 6.07) is 0. The molecule has 66 valence electrons. The van der Waals surface area contributed by atoms with Gasteiger partial charge in [0, 0.05) is 27.3 Å². The quantitative estimate of drug-likeness (QED) is 0.741. The number of aliphatic carboxylic acids is 1. The van der Waals surface area contributed by atoms with E-state index in [2.05, 4.69) is 6.92 Å². The van der Waals surface area contributed by atoms with Crippen LogP contribution in [0.5, 0.6) is 0 Å². The zero-order valence-electron chi connectivity index (χ0n) is 7.97. The zero-order valence-corrected chi connectivity index (χ0v) is 12.0. The fourth-order valence-electron chi connectivity index (χ4n) is 2.01. The molecule has 3 heteroatoms. The molecule has 12 heavy (non-hydrogen) atoms. The average molecular weight is 269 g/mol. The summed E-state index contributed by atoms with van der Waals surface area (Å²) in [5.74, 6) is -0.0334. The van der Waals surface area contributed by atoms with Gasteiger partial charge in [0.25, 0.3) is 0 Å². The predicted octanol–water partition coefficient (Wildman–Crippen LogP) is 2.28. The molecule has 0 aromatic heterocycles. The van der Waals surface area contributed by atoms with Crippen LogP contribution in [0.15, 0.2) is 0 Å². The van der Waals surface area contributed by atoms with E-state index < -0.39 is 11.4 Å². The molecular weight excluding hydrogens is 253 g/mol.